The van der Waals surface area contributed by atoms with Gasteiger partial charge < -0.3 is 5.73 Å². The Bertz CT molecular complexity index is 410. The molecule has 1 aromatic heterocycles. The first-order valence-electron chi connectivity index (χ1n) is 7.99. The van der Waals surface area contributed by atoms with Crippen molar-refractivity contribution in [2.24, 2.45) is 11.7 Å². The second kappa shape index (κ2) is 7.19. The number of aryl methyl sites for hydroxylation is 1. The molecule has 1 aliphatic carbocycles. The van der Waals surface area contributed by atoms with E-state index in [1.54, 1.807) is 0 Å². The smallest absolute Gasteiger partial charge is 0.0491 e. The number of hydrogen-bond acceptors (Lipinski definition) is 3. The van der Waals surface area contributed by atoms with Crippen LogP contribution in [0.5, 0.6) is 0 Å². The molecule has 3 heteroatoms. The fourth-order valence-electron chi connectivity index (χ4n) is 3.45. The molecule has 0 saturated heterocycles. The Morgan fingerprint density at radius 2 is 2.05 bits per heavy atom. The minimum absolute atomic E-state index is 0.314. The fraction of sp³-hybridized carbons (Fsp3) is 0.706. The maximum atomic E-state index is 6.15. The summed E-state index contributed by atoms with van der Waals surface area (Å²) in [6, 6.07) is 3.11. The number of pyridine rings is 1. The molecular formula is C17H29N3. The van der Waals surface area contributed by atoms with E-state index in [1.807, 2.05) is 12.4 Å². The largest absolute Gasteiger partial charge is 0.329 e. The summed E-state index contributed by atoms with van der Waals surface area (Å²) in [6.45, 7) is 8.57. The van der Waals surface area contributed by atoms with Crippen molar-refractivity contribution in [3.05, 3.63) is 29.6 Å². The topological polar surface area (TPSA) is 42.1 Å². The minimum Gasteiger partial charge on any atom is -0.329 e. The van der Waals surface area contributed by atoms with Gasteiger partial charge in [0.15, 0.2) is 0 Å². The number of nitrogens with zero attached hydrogens (tertiary/aromatic N) is 2. The van der Waals surface area contributed by atoms with Crippen LogP contribution in [0, 0.1) is 12.8 Å². The number of rotatable bonds is 6. The zero-order chi connectivity index (χ0) is 14.5. The second-order valence-electron chi connectivity index (χ2n) is 6.51. The summed E-state index contributed by atoms with van der Waals surface area (Å²) in [7, 11) is 0. The lowest BCUT2D eigenvalue weighted by Gasteiger charge is -2.38. The van der Waals surface area contributed by atoms with Crippen LogP contribution in [0.25, 0.3) is 0 Å². The lowest BCUT2D eigenvalue weighted by molar-refractivity contribution is 0.121. The zero-order valence-electron chi connectivity index (χ0n) is 13.2. The van der Waals surface area contributed by atoms with Crippen molar-refractivity contribution in [3.8, 4) is 0 Å². The molecule has 0 amide bonds. The SMILES string of the molecule is Cc1ccncc1C(CN)N(CC(C)C)C1CCCC1. The first-order chi connectivity index (χ1) is 9.63. The molecule has 0 radical (unpaired) electrons. The van der Waals surface area contributed by atoms with Crippen LogP contribution in [-0.2, 0) is 0 Å². The lowest BCUT2D eigenvalue weighted by Crippen LogP contribution is -2.42. The van der Waals surface area contributed by atoms with Crippen molar-refractivity contribution in [2.75, 3.05) is 13.1 Å². The lowest BCUT2D eigenvalue weighted by atomic mass is 9.98. The van der Waals surface area contributed by atoms with Crippen LogP contribution in [0.1, 0.15) is 56.7 Å². The third kappa shape index (κ3) is 3.58. The van der Waals surface area contributed by atoms with Crippen LogP contribution in [0.2, 0.25) is 0 Å². The van der Waals surface area contributed by atoms with E-state index in [2.05, 4.69) is 36.7 Å². The minimum atomic E-state index is 0.314. The van der Waals surface area contributed by atoms with Gasteiger partial charge in [0.2, 0.25) is 0 Å². The Morgan fingerprint density at radius 1 is 1.35 bits per heavy atom. The Morgan fingerprint density at radius 3 is 2.60 bits per heavy atom. The predicted octanol–water partition coefficient (Wildman–Crippen LogP) is 3.29. The highest BCUT2D eigenvalue weighted by molar-refractivity contribution is 5.25. The quantitative estimate of drug-likeness (QED) is 0.866. The van der Waals surface area contributed by atoms with E-state index in [0.717, 1.165) is 6.54 Å². The summed E-state index contributed by atoms with van der Waals surface area (Å²) >= 11 is 0. The Hall–Kier alpha value is -0.930. The summed E-state index contributed by atoms with van der Waals surface area (Å²) in [4.78, 5) is 6.97. The molecule has 20 heavy (non-hydrogen) atoms. The van der Waals surface area contributed by atoms with E-state index in [-0.39, 0.29) is 0 Å². The van der Waals surface area contributed by atoms with Crippen molar-refractivity contribution in [3.63, 3.8) is 0 Å². The third-order valence-electron chi connectivity index (χ3n) is 4.43. The van der Waals surface area contributed by atoms with Crippen LogP contribution in [0.3, 0.4) is 0 Å². The number of nitrogens with two attached hydrogens (primary N) is 1. The maximum Gasteiger partial charge on any atom is 0.0491 e. The molecule has 0 spiro atoms. The van der Waals surface area contributed by atoms with Gasteiger partial charge in [-0.3, -0.25) is 9.88 Å². The molecule has 1 saturated carbocycles. The van der Waals surface area contributed by atoms with Crippen LogP contribution >= 0.6 is 0 Å². The second-order valence-corrected chi connectivity index (χ2v) is 6.51. The van der Waals surface area contributed by atoms with E-state index in [0.29, 0.717) is 24.5 Å². The summed E-state index contributed by atoms with van der Waals surface area (Å²) in [6.07, 6.45) is 9.25. The van der Waals surface area contributed by atoms with E-state index in [9.17, 15) is 0 Å². The average Bonchev–Trinajstić information content (AvgIpc) is 2.94. The zero-order valence-corrected chi connectivity index (χ0v) is 13.2. The fourth-order valence-corrected chi connectivity index (χ4v) is 3.45. The molecule has 3 nitrogen and oxygen atoms in total. The van der Waals surface area contributed by atoms with Crippen molar-refractivity contribution in [1.29, 1.82) is 0 Å². The summed E-state index contributed by atoms with van der Waals surface area (Å²) in [5, 5.41) is 0. The first kappa shape index (κ1) is 15.5. The van der Waals surface area contributed by atoms with E-state index >= 15 is 0 Å². The van der Waals surface area contributed by atoms with Crippen LogP contribution in [0.4, 0.5) is 0 Å². The van der Waals surface area contributed by atoms with Crippen molar-refractivity contribution in [2.45, 2.75) is 58.5 Å². The van der Waals surface area contributed by atoms with Crippen molar-refractivity contribution >= 4 is 0 Å². The molecule has 1 aromatic rings. The van der Waals surface area contributed by atoms with Gasteiger partial charge in [0, 0.05) is 37.6 Å². The molecule has 0 bridgehead atoms. The highest BCUT2D eigenvalue weighted by Gasteiger charge is 2.30. The van der Waals surface area contributed by atoms with Gasteiger partial charge >= 0.3 is 0 Å². The van der Waals surface area contributed by atoms with Crippen LogP contribution in [-0.4, -0.2) is 29.0 Å². The van der Waals surface area contributed by atoms with Gasteiger partial charge in [0.05, 0.1) is 0 Å². The van der Waals surface area contributed by atoms with E-state index in [1.165, 1.54) is 36.8 Å². The van der Waals surface area contributed by atoms with Gasteiger partial charge in [-0.05, 0) is 42.9 Å². The average molecular weight is 275 g/mol. The Balaban J connectivity index is 2.26. The molecule has 2 N–H and O–H groups in total. The summed E-state index contributed by atoms with van der Waals surface area (Å²) < 4.78 is 0. The highest BCUT2D eigenvalue weighted by Crippen LogP contribution is 2.32. The highest BCUT2D eigenvalue weighted by atomic mass is 15.2. The standard InChI is InChI=1S/C17H29N3/c1-13(2)12-20(15-6-4-5-7-15)17(10-18)16-11-19-9-8-14(16)3/h8-9,11,13,15,17H,4-7,10,12,18H2,1-3H3. The summed E-state index contributed by atoms with van der Waals surface area (Å²) in [5.74, 6) is 0.668. The molecule has 112 valence electrons. The molecule has 1 aliphatic rings. The number of hydrogen-bond donors (Lipinski definition) is 1. The monoisotopic (exact) mass is 275 g/mol. The van der Waals surface area contributed by atoms with Gasteiger partial charge in [-0.25, -0.2) is 0 Å². The molecule has 1 atom stereocenters. The molecule has 0 aromatic carbocycles. The molecular weight excluding hydrogens is 246 g/mol. The molecule has 0 aliphatic heterocycles. The summed E-state index contributed by atoms with van der Waals surface area (Å²) in [5.41, 5.74) is 8.76. The van der Waals surface area contributed by atoms with Gasteiger partial charge in [-0.1, -0.05) is 26.7 Å². The van der Waals surface area contributed by atoms with Crippen molar-refractivity contribution in [1.82, 2.24) is 9.88 Å². The number of aromatic nitrogens is 1. The van der Waals surface area contributed by atoms with Gasteiger partial charge in [-0.2, -0.15) is 0 Å². The predicted molar refractivity (Wildman–Crippen MR) is 84.6 cm³/mol. The van der Waals surface area contributed by atoms with Crippen molar-refractivity contribution < 1.29 is 0 Å². The first-order valence-corrected chi connectivity index (χ1v) is 7.99. The van der Waals surface area contributed by atoms with E-state index in [4.69, 9.17) is 5.73 Å². The van der Waals surface area contributed by atoms with E-state index < -0.39 is 0 Å². The van der Waals surface area contributed by atoms with Gasteiger partial charge in [0.25, 0.3) is 0 Å². The molecule has 1 fully saturated rings. The third-order valence-corrected chi connectivity index (χ3v) is 4.43. The molecule has 1 unspecified atom stereocenters. The molecule has 2 rings (SSSR count). The van der Waals surface area contributed by atoms with Gasteiger partial charge in [0.1, 0.15) is 0 Å². The van der Waals surface area contributed by atoms with Crippen LogP contribution < -0.4 is 5.73 Å². The maximum absolute atomic E-state index is 6.15. The normalized spacial score (nSPS) is 18.1. The van der Waals surface area contributed by atoms with Gasteiger partial charge in [-0.15, -0.1) is 0 Å². The Labute approximate surface area is 123 Å². The Kier molecular flexibility index (Phi) is 5.55. The molecule has 1 heterocycles. The van der Waals surface area contributed by atoms with Crippen LogP contribution in [0.15, 0.2) is 18.5 Å².